The van der Waals surface area contributed by atoms with Gasteiger partial charge in [0.05, 0.1) is 0 Å². The molecule has 2 fully saturated rings. The van der Waals surface area contributed by atoms with Crippen molar-refractivity contribution in [3.05, 3.63) is 24.2 Å². The van der Waals surface area contributed by atoms with Crippen LogP contribution in [0.3, 0.4) is 0 Å². The summed E-state index contributed by atoms with van der Waals surface area (Å²) < 4.78 is 2.41. The number of piperidine rings is 1. The van der Waals surface area contributed by atoms with Crippen molar-refractivity contribution in [2.75, 3.05) is 13.6 Å². The highest BCUT2D eigenvalue weighted by Gasteiger charge is 2.30. The summed E-state index contributed by atoms with van der Waals surface area (Å²) in [5.74, 6) is 1.25. The quantitative estimate of drug-likeness (QED) is 0.860. The van der Waals surface area contributed by atoms with E-state index in [-0.39, 0.29) is 0 Å². The van der Waals surface area contributed by atoms with Crippen molar-refractivity contribution in [1.82, 2.24) is 19.4 Å². The summed E-state index contributed by atoms with van der Waals surface area (Å²) in [7, 11) is 2.26. The van der Waals surface area contributed by atoms with Crippen molar-refractivity contribution in [3.63, 3.8) is 0 Å². The number of hydrogen-bond acceptors (Lipinski definition) is 3. The van der Waals surface area contributed by atoms with Crippen molar-refractivity contribution < 1.29 is 0 Å². The molecule has 0 aromatic carbocycles. The Balaban J connectivity index is 1.69. The van der Waals surface area contributed by atoms with Gasteiger partial charge in [0.15, 0.2) is 5.65 Å². The van der Waals surface area contributed by atoms with Crippen LogP contribution >= 0.6 is 0 Å². The monoisotopic (exact) mass is 270 g/mol. The number of fused-ring (bicyclic) bond motifs is 1. The van der Waals surface area contributed by atoms with Crippen molar-refractivity contribution >= 4 is 11.2 Å². The van der Waals surface area contributed by atoms with Crippen LogP contribution in [0.15, 0.2) is 18.3 Å². The Morgan fingerprint density at radius 1 is 1.25 bits per heavy atom. The maximum absolute atomic E-state index is 4.88. The van der Waals surface area contributed by atoms with Crippen molar-refractivity contribution in [3.8, 4) is 0 Å². The molecule has 1 saturated heterocycles. The first-order valence-electron chi connectivity index (χ1n) is 7.85. The Kier molecular flexibility index (Phi) is 2.99. The van der Waals surface area contributed by atoms with Gasteiger partial charge in [-0.25, -0.2) is 9.97 Å². The Morgan fingerprint density at radius 3 is 2.95 bits per heavy atom. The van der Waals surface area contributed by atoms with E-state index < -0.39 is 0 Å². The van der Waals surface area contributed by atoms with Gasteiger partial charge in [-0.05, 0) is 51.4 Å². The highest BCUT2D eigenvalue weighted by molar-refractivity contribution is 5.71. The molecule has 1 aliphatic heterocycles. The van der Waals surface area contributed by atoms with Crippen LogP contribution in [0, 0.1) is 0 Å². The summed E-state index contributed by atoms with van der Waals surface area (Å²) in [4.78, 5) is 11.9. The number of pyridine rings is 1. The second kappa shape index (κ2) is 4.85. The van der Waals surface area contributed by atoms with E-state index in [1.54, 1.807) is 0 Å². The van der Waals surface area contributed by atoms with Gasteiger partial charge in [0.25, 0.3) is 0 Å². The normalized spacial score (nSPS) is 24.4. The maximum atomic E-state index is 4.88. The molecule has 1 saturated carbocycles. The Bertz CT molecular complexity index is 614. The van der Waals surface area contributed by atoms with Gasteiger partial charge in [0, 0.05) is 24.7 Å². The van der Waals surface area contributed by atoms with Crippen LogP contribution < -0.4 is 0 Å². The largest absolute Gasteiger partial charge is 0.310 e. The van der Waals surface area contributed by atoms with E-state index in [1.165, 1.54) is 44.5 Å². The summed E-state index contributed by atoms with van der Waals surface area (Å²) >= 11 is 0. The molecule has 2 aliphatic rings. The Hall–Kier alpha value is -1.42. The minimum atomic E-state index is 0.651. The lowest BCUT2D eigenvalue weighted by atomic mass is 10.00. The van der Waals surface area contributed by atoms with E-state index in [0.29, 0.717) is 12.1 Å². The van der Waals surface area contributed by atoms with E-state index in [1.807, 2.05) is 12.3 Å². The second-order valence-electron chi connectivity index (χ2n) is 6.31. The third-order valence-electron chi connectivity index (χ3n) is 4.77. The van der Waals surface area contributed by atoms with Crippen LogP contribution in [0.2, 0.25) is 0 Å². The summed E-state index contributed by atoms with van der Waals surface area (Å²) in [6.45, 7) is 1.23. The van der Waals surface area contributed by atoms with Crippen LogP contribution in [-0.4, -0.2) is 39.1 Å². The predicted octanol–water partition coefficient (Wildman–Crippen LogP) is 2.79. The number of likely N-dealkylation sites (N-methyl/N-ethyl adjacent to an activating group) is 1. The van der Waals surface area contributed by atoms with Crippen molar-refractivity contribution in [1.29, 1.82) is 0 Å². The molecule has 3 heterocycles. The predicted molar refractivity (Wildman–Crippen MR) is 79.8 cm³/mol. The zero-order chi connectivity index (χ0) is 13.5. The molecule has 2 aromatic heterocycles. The van der Waals surface area contributed by atoms with Crippen molar-refractivity contribution in [2.24, 2.45) is 0 Å². The number of hydrogen-bond donors (Lipinski definition) is 0. The molecule has 0 radical (unpaired) electrons. The van der Waals surface area contributed by atoms with Gasteiger partial charge in [-0.15, -0.1) is 0 Å². The minimum Gasteiger partial charge on any atom is -0.310 e. The van der Waals surface area contributed by atoms with Crippen LogP contribution in [0.1, 0.15) is 44.0 Å². The zero-order valence-electron chi connectivity index (χ0n) is 12.1. The standard InChI is InChI=1S/C16H22N4/c1-19-10-3-2-5-13(19)11-15-18-14-6-4-9-17-16(14)20(15)12-7-8-12/h4,6,9,12-13H,2-3,5,7-8,10-11H2,1H3. The maximum Gasteiger partial charge on any atom is 0.160 e. The molecule has 0 amide bonds. The molecule has 1 atom stereocenters. The molecule has 4 heteroatoms. The van der Waals surface area contributed by atoms with Gasteiger partial charge < -0.3 is 9.47 Å². The number of nitrogens with zero attached hydrogens (tertiary/aromatic N) is 4. The molecule has 4 nitrogen and oxygen atoms in total. The molecule has 0 bridgehead atoms. The molecule has 1 unspecified atom stereocenters. The highest BCUT2D eigenvalue weighted by atomic mass is 15.2. The Labute approximate surface area is 119 Å². The first-order valence-corrected chi connectivity index (χ1v) is 7.85. The molecule has 20 heavy (non-hydrogen) atoms. The molecular formula is C16H22N4. The highest BCUT2D eigenvalue weighted by Crippen LogP contribution is 2.38. The first kappa shape index (κ1) is 12.3. The van der Waals surface area contributed by atoms with Crippen LogP contribution in [-0.2, 0) is 6.42 Å². The topological polar surface area (TPSA) is 34.0 Å². The third kappa shape index (κ3) is 2.12. The van der Waals surface area contributed by atoms with E-state index >= 15 is 0 Å². The molecule has 4 rings (SSSR count). The van der Waals surface area contributed by atoms with Crippen molar-refractivity contribution in [2.45, 2.75) is 50.6 Å². The van der Waals surface area contributed by atoms with E-state index in [4.69, 9.17) is 4.98 Å². The summed E-state index contributed by atoms with van der Waals surface area (Å²) in [6, 6.07) is 5.38. The minimum absolute atomic E-state index is 0.651. The van der Waals surface area contributed by atoms with Gasteiger partial charge >= 0.3 is 0 Å². The van der Waals surface area contributed by atoms with Gasteiger partial charge in [0.2, 0.25) is 0 Å². The average Bonchev–Trinajstić information content (AvgIpc) is 3.23. The smallest absolute Gasteiger partial charge is 0.160 e. The molecule has 0 N–H and O–H groups in total. The van der Waals surface area contributed by atoms with E-state index in [2.05, 4.69) is 27.6 Å². The number of rotatable bonds is 3. The lowest BCUT2D eigenvalue weighted by Crippen LogP contribution is -2.38. The molecule has 0 spiro atoms. The summed E-state index contributed by atoms with van der Waals surface area (Å²) in [5.41, 5.74) is 2.15. The van der Waals surface area contributed by atoms with Crippen LogP contribution in [0.25, 0.3) is 11.2 Å². The van der Waals surface area contributed by atoms with Gasteiger partial charge in [-0.1, -0.05) is 6.42 Å². The van der Waals surface area contributed by atoms with Crippen LogP contribution in [0.5, 0.6) is 0 Å². The zero-order valence-corrected chi connectivity index (χ0v) is 12.1. The second-order valence-corrected chi connectivity index (χ2v) is 6.31. The molecule has 2 aromatic rings. The molecular weight excluding hydrogens is 248 g/mol. The fourth-order valence-electron chi connectivity index (χ4n) is 3.45. The SMILES string of the molecule is CN1CCCCC1Cc1nc2cccnc2n1C1CC1. The lowest BCUT2D eigenvalue weighted by Gasteiger charge is -2.32. The van der Waals surface area contributed by atoms with Gasteiger partial charge in [-0.3, -0.25) is 0 Å². The number of aromatic nitrogens is 3. The molecule has 1 aliphatic carbocycles. The molecule has 106 valence electrons. The van der Waals surface area contributed by atoms with Gasteiger partial charge in [-0.2, -0.15) is 0 Å². The van der Waals surface area contributed by atoms with Gasteiger partial charge in [0.1, 0.15) is 11.3 Å². The van der Waals surface area contributed by atoms with Crippen LogP contribution in [0.4, 0.5) is 0 Å². The average molecular weight is 270 g/mol. The first-order chi connectivity index (χ1) is 9.83. The fourth-order valence-corrected chi connectivity index (χ4v) is 3.45. The fraction of sp³-hybridized carbons (Fsp3) is 0.625. The number of imidazole rings is 1. The third-order valence-corrected chi connectivity index (χ3v) is 4.77. The lowest BCUT2D eigenvalue weighted by molar-refractivity contribution is 0.181. The summed E-state index contributed by atoms with van der Waals surface area (Å²) in [6.07, 6.45) is 9.54. The summed E-state index contributed by atoms with van der Waals surface area (Å²) in [5, 5.41) is 0. The number of likely N-dealkylation sites (tertiary alicyclic amines) is 1. The Morgan fingerprint density at radius 2 is 2.15 bits per heavy atom. The van der Waals surface area contributed by atoms with E-state index in [0.717, 1.165) is 17.6 Å². The van der Waals surface area contributed by atoms with E-state index in [9.17, 15) is 0 Å².